The number of nitrogens with zero attached hydrogens (tertiary/aromatic N) is 4. The van der Waals surface area contributed by atoms with E-state index in [1.54, 1.807) is 6.33 Å². The van der Waals surface area contributed by atoms with E-state index in [1.165, 1.54) is 12.8 Å². The molecule has 1 amide bonds. The zero-order chi connectivity index (χ0) is 22.3. The first-order valence-electron chi connectivity index (χ1n) is 11.9. The van der Waals surface area contributed by atoms with Gasteiger partial charge >= 0.3 is 0 Å². The molecule has 0 aliphatic carbocycles. The van der Waals surface area contributed by atoms with Crippen LogP contribution in [0.2, 0.25) is 0 Å². The zero-order valence-electron chi connectivity index (χ0n) is 18.8. The van der Waals surface area contributed by atoms with Gasteiger partial charge < -0.3 is 15.1 Å². The number of piperidine rings is 1. The fourth-order valence-electron chi connectivity index (χ4n) is 5.42. The van der Waals surface area contributed by atoms with Crippen LogP contribution in [0.1, 0.15) is 34.5 Å². The summed E-state index contributed by atoms with van der Waals surface area (Å²) >= 11 is 0. The Labute approximate surface area is 194 Å². The zero-order valence-corrected chi connectivity index (χ0v) is 18.8. The van der Waals surface area contributed by atoms with Crippen LogP contribution in [0, 0.1) is 5.41 Å². The van der Waals surface area contributed by atoms with Crippen LogP contribution >= 0.6 is 0 Å². The van der Waals surface area contributed by atoms with E-state index in [-0.39, 0.29) is 5.91 Å². The van der Waals surface area contributed by atoms with E-state index in [2.05, 4.69) is 32.3 Å². The summed E-state index contributed by atoms with van der Waals surface area (Å²) < 4.78 is 0. The monoisotopic (exact) mass is 439 g/mol. The normalized spacial score (nSPS) is 19.2. The fourth-order valence-corrected chi connectivity index (χ4v) is 5.42. The minimum absolute atomic E-state index is 0.0770. The highest BCUT2D eigenvalue weighted by Gasteiger charge is 2.40. The molecule has 6 nitrogen and oxygen atoms in total. The number of hydrogen-bond acceptors (Lipinski definition) is 5. The van der Waals surface area contributed by atoms with E-state index in [0.717, 1.165) is 66.4 Å². The van der Waals surface area contributed by atoms with Gasteiger partial charge in [0.05, 0.1) is 12.2 Å². The summed E-state index contributed by atoms with van der Waals surface area (Å²) in [6, 6.07) is 18.2. The van der Waals surface area contributed by atoms with E-state index in [0.29, 0.717) is 18.5 Å². The number of amides is 1. The Morgan fingerprint density at radius 3 is 2.30 bits per heavy atom. The van der Waals surface area contributed by atoms with Crippen LogP contribution in [0.25, 0.3) is 11.1 Å². The second-order valence-corrected chi connectivity index (χ2v) is 9.63. The first-order valence-corrected chi connectivity index (χ1v) is 11.9. The first kappa shape index (κ1) is 20.4. The predicted molar refractivity (Wildman–Crippen MR) is 129 cm³/mol. The molecule has 0 saturated carbocycles. The van der Waals surface area contributed by atoms with Gasteiger partial charge in [0, 0.05) is 50.3 Å². The molecule has 3 aromatic rings. The Kier molecular flexibility index (Phi) is 5.10. The van der Waals surface area contributed by atoms with Crippen molar-refractivity contribution in [2.75, 3.05) is 37.6 Å². The van der Waals surface area contributed by atoms with Crippen molar-refractivity contribution in [3.63, 3.8) is 0 Å². The molecule has 0 bridgehead atoms. The molecular formula is C27H29N5O. The van der Waals surface area contributed by atoms with Crippen LogP contribution in [-0.2, 0) is 13.0 Å². The number of anilines is 1. The number of benzene rings is 2. The number of carbonyl (C=O) groups is 1. The molecule has 1 N–H and O–H groups in total. The van der Waals surface area contributed by atoms with Gasteiger partial charge in [-0.2, -0.15) is 0 Å². The highest BCUT2D eigenvalue weighted by molar-refractivity contribution is 5.95. The maximum absolute atomic E-state index is 13.3. The maximum atomic E-state index is 13.3. The Balaban J connectivity index is 1.19. The second kappa shape index (κ2) is 8.27. The maximum Gasteiger partial charge on any atom is 0.254 e. The lowest BCUT2D eigenvalue weighted by atomic mass is 9.73. The number of carbonyl (C=O) groups excluding carboxylic acids is 1. The summed E-state index contributed by atoms with van der Waals surface area (Å²) in [5.74, 6) is 1.10. The van der Waals surface area contributed by atoms with E-state index >= 15 is 0 Å². The van der Waals surface area contributed by atoms with Crippen molar-refractivity contribution < 1.29 is 4.79 Å². The summed E-state index contributed by atoms with van der Waals surface area (Å²) in [6.07, 6.45) is 4.88. The highest BCUT2D eigenvalue weighted by atomic mass is 16.2. The topological polar surface area (TPSA) is 61.4 Å². The number of nitrogens with one attached hydrogen (secondary N) is 1. The Hall–Kier alpha value is -3.25. The van der Waals surface area contributed by atoms with Crippen LogP contribution in [0.4, 0.5) is 5.82 Å². The average Bonchev–Trinajstić information content (AvgIpc) is 2.87. The first-order chi connectivity index (χ1) is 16.2. The summed E-state index contributed by atoms with van der Waals surface area (Å²) in [5.41, 5.74) is 5.73. The molecule has 0 atom stereocenters. The number of rotatable bonds is 3. The van der Waals surface area contributed by atoms with Crippen LogP contribution < -0.4 is 10.2 Å². The van der Waals surface area contributed by atoms with Crippen LogP contribution in [-0.4, -0.2) is 53.5 Å². The minimum atomic E-state index is 0.0770. The van der Waals surface area contributed by atoms with Gasteiger partial charge in [-0.05, 0) is 41.5 Å². The van der Waals surface area contributed by atoms with Crippen LogP contribution in [0.3, 0.4) is 0 Å². The molecule has 2 fully saturated rings. The lowest BCUT2D eigenvalue weighted by Crippen LogP contribution is -2.58. The van der Waals surface area contributed by atoms with Gasteiger partial charge in [0.25, 0.3) is 5.91 Å². The molecule has 4 heterocycles. The molecule has 33 heavy (non-hydrogen) atoms. The molecule has 3 aliphatic rings. The Bertz CT molecular complexity index is 1150. The lowest BCUT2D eigenvalue weighted by Gasteiger charge is -2.49. The Morgan fingerprint density at radius 2 is 1.61 bits per heavy atom. The smallest absolute Gasteiger partial charge is 0.254 e. The largest absolute Gasteiger partial charge is 0.356 e. The molecule has 3 aliphatic heterocycles. The average molecular weight is 440 g/mol. The van der Waals surface area contributed by atoms with Crippen molar-refractivity contribution in [1.82, 2.24) is 20.2 Å². The summed E-state index contributed by atoms with van der Waals surface area (Å²) in [5, 5.41) is 3.43. The van der Waals surface area contributed by atoms with Gasteiger partial charge in [-0.25, -0.2) is 9.97 Å². The molecule has 6 rings (SSSR count). The molecule has 0 radical (unpaired) electrons. The molecule has 2 aromatic carbocycles. The molecular weight excluding hydrogens is 410 g/mol. The fraction of sp³-hybridized carbons (Fsp3) is 0.370. The third kappa shape index (κ3) is 3.78. The van der Waals surface area contributed by atoms with E-state index < -0.39 is 0 Å². The predicted octanol–water partition coefficient (Wildman–Crippen LogP) is 3.53. The SMILES string of the molecule is O=C(c1ccc(-c2ccccc2)cc1)N1CCc2ncnc(N3CCC4(CC3)CNC4)c2C1. The lowest BCUT2D eigenvalue weighted by molar-refractivity contribution is 0.0733. The van der Waals surface area contributed by atoms with Gasteiger partial charge in [0.1, 0.15) is 12.1 Å². The number of hydrogen-bond donors (Lipinski definition) is 1. The van der Waals surface area contributed by atoms with Gasteiger partial charge in [-0.1, -0.05) is 42.5 Å². The summed E-state index contributed by atoms with van der Waals surface area (Å²) in [7, 11) is 0. The molecule has 1 spiro atoms. The van der Waals surface area contributed by atoms with Gasteiger partial charge in [0.15, 0.2) is 0 Å². The molecule has 1 aromatic heterocycles. The third-order valence-corrected chi connectivity index (χ3v) is 7.63. The second-order valence-electron chi connectivity index (χ2n) is 9.63. The summed E-state index contributed by atoms with van der Waals surface area (Å²) in [4.78, 5) is 26.9. The molecule has 2 saturated heterocycles. The molecule has 6 heteroatoms. The Morgan fingerprint density at radius 1 is 0.879 bits per heavy atom. The van der Waals surface area contributed by atoms with Crippen molar-refractivity contribution in [1.29, 1.82) is 0 Å². The van der Waals surface area contributed by atoms with E-state index in [9.17, 15) is 4.79 Å². The van der Waals surface area contributed by atoms with Crippen molar-refractivity contribution in [3.8, 4) is 11.1 Å². The quantitative estimate of drug-likeness (QED) is 0.677. The van der Waals surface area contributed by atoms with Crippen molar-refractivity contribution >= 4 is 11.7 Å². The van der Waals surface area contributed by atoms with E-state index in [1.807, 2.05) is 47.4 Å². The van der Waals surface area contributed by atoms with Gasteiger partial charge in [0.2, 0.25) is 0 Å². The van der Waals surface area contributed by atoms with Crippen molar-refractivity contribution in [3.05, 3.63) is 77.7 Å². The van der Waals surface area contributed by atoms with Gasteiger partial charge in [-0.15, -0.1) is 0 Å². The molecule has 168 valence electrons. The summed E-state index contributed by atoms with van der Waals surface area (Å²) in [6.45, 7) is 5.62. The van der Waals surface area contributed by atoms with Gasteiger partial charge in [-0.3, -0.25) is 4.79 Å². The van der Waals surface area contributed by atoms with E-state index in [4.69, 9.17) is 0 Å². The third-order valence-electron chi connectivity index (χ3n) is 7.63. The van der Waals surface area contributed by atoms with Crippen molar-refractivity contribution in [2.24, 2.45) is 5.41 Å². The standard InChI is InChI=1S/C27H29N5O/c33-26(22-8-6-21(7-9-22)20-4-2-1-3-5-20)32-13-10-24-23(16-32)25(30-19-29-24)31-14-11-27(12-15-31)17-28-18-27/h1-9,19,28H,10-18H2. The minimum Gasteiger partial charge on any atom is -0.356 e. The number of aromatic nitrogens is 2. The van der Waals surface area contributed by atoms with Crippen molar-refractivity contribution in [2.45, 2.75) is 25.8 Å². The van der Waals surface area contributed by atoms with Crippen LogP contribution in [0.5, 0.6) is 0 Å². The highest BCUT2D eigenvalue weighted by Crippen LogP contribution is 2.37. The molecule has 0 unspecified atom stereocenters. The van der Waals surface area contributed by atoms with Crippen LogP contribution in [0.15, 0.2) is 60.9 Å². The number of fused-ring (bicyclic) bond motifs is 1.